The van der Waals surface area contributed by atoms with Crippen molar-refractivity contribution in [3.05, 3.63) is 248 Å². The van der Waals surface area contributed by atoms with E-state index in [0.29, 0.717) is 0 Å². The lowest BCUT2D eigenvalue weighted by molar-refractivity contribution is -0.193. The van der Waals surface area contributed by atoms with Gasteiger partial charge in [-0.25, -0.2) is 0 Å². The molecule has 0 aliphatic heterocycles. The zero-order chi connectivity index (χ0) is 46.8. The van der Waals surface area contributed by atoms with E-state index in [1.54, 1.807) is 11.1 Å². The van der Waals surface area contributed by atoms with Crippen molar-refractivity contribution in [1.82, 2.24) is 0 Å². The molecule has 1 spiro atoms. The molecule has 15 rings (SSSR count). The third-order valence-corrected chi connectivity index (χ3v) is 17.8. The summed E-state index contributed by atoms with van der Waals surface area (Å²) in [6, 6.07) is 89.0. The van der Waals surface area contributed by atoms with Crippen molar-refractivity contribution in [3.8, 4) is 55.6 Å². The minimum absolute atomic E-state index is 0.155. The molecule has 71 heavy (non-hydrogen) atoms. The summed E-state index contributed by atoms with van der Waals surface area (Å²) in [5.41, 5.74) is 19.5. The van der Waals surface area contributed by atoms with Crippen molar-refractivity contribution >= 4 is 49.4 Å². The van der Waals surface area contributed by atoms with E-state index in [-0.39, 0.29) is 5.41 Å². The summed E-state index contributed by atoms with van der Waals surface area (Å²) in [6.45, 7) is 2.52. The lowest BCUT2D eigenvalue weighted by Crippen LogP contribution is -2.70. The number of hydrogen-bond donors (Lipinski definition) is 0. The summed E-state index contributed by atoms with van der Waals surface area (Å²) in [5, 5.41) is 7.57. The molecule has 1 nitrogen and oxygen atoms in total. The van der Waals surface area contributed by atoms with Crippen LogP contribution >= 0.6 is 0 Å². The molecular weight excluding hydrogens is 855 g/mol. The molecule has 0 bridgehead atoms. The molecule has 338 valence electrons. The average Bonchev–Trinajstić information content (AvgIpc) is 3.76. The van der Waals surface area contributed by atoms with Gasteiger partial charge in [0.25, 0.3) is 0 Å². The van der Waals surface area contributed by atoms with Gasteiger partial charge in [-0.15, -0.1) is 0 Å². The Bertz CT molecular complexity index is 3920. The van der Waals surface area contributed by atoms with Gasteiger partial charge in [-0.1, -0.05) is 207 Å². The van der Waals surface area contributed by atoms with Crippen molar-refractivity contribution in [2.75, 3.05) is 4.90 Å². The summed E-state index contributed by atoms with van der Waals surface area (Å²) < 4.78 is 0. The van der Waals surface area contributed by atoms with Crippen LogP contribution in [0, 0.1) is 29.6 Å². The highest BCUT2D eigenvalue weighted by atomic mass is 15.1. The normalized spacial score (nSPS) is 21.3. The summed E-state index contributed by atoms with van der Waals surface area (Å²) in [5.74, 6) is 4.16. The fourth-order valence-corrected chi connectivity index (χ4v) is 15.0. The molecule has 6 atom stereocenters. The summed E-state index contributed by atoms with van der Waals surface area (Å²) in [6.07, 6.45) is 4.17. The van der Waals surface area contributed by atoms with E-state index in [1.165, 1.54) is 107 Å². The molecule has 1 heteroatoms. The van der Waals surface area contributed by atoms with E-state index in [2.05, 4.69) is 248 Å². The smallest absolute Gasteiger partial charge is 0.0540 e. The van der Waals surface area contributed by atoms with Crippen LogP contribution in [0.1, 0.15) is 37.3 Å². The lowest BCUT2D eigenvalue weighted by atomic mass is 9.30. The largest absolute Gasteiger partial charge is 0.310 e. The third-order valence-electron chi connectivity index (χ3n) is 17.8. The maximum absolute atomic E-state index is 2.61. The second kappa shape index (κ2) is 15.8. The Labute approximate surface area is 416 Å². The van der Waals surface area contributed by atoms with E-state index in [0.717, 1.165) is 46.7 Å². The van der Waals surface area contributed by atoms with E-state index >= 15 is 0 Å². The van der Waals surface area contributed by atoms with Crippen molar-refractivity contribution in [2.45, 2.75) is 31.6 Å². The first kappa shape index (κ1) is 40.8. The van der Waals surface area contributed by atoms with Gasteiger partial charge in [-0.05, 0) is 179 Å². The molecule has 11 aromatic rings. The fraction of sp³-hybridized carbons (Fsp3) is 0.143. The first-order valence-electron chi connectivity index (χ1n) is 25.9. The molecule has 4 aliphatic rings. The van der Waals surface area contributed by atoms with Gasteiger partial charge in [0.05, 0.1) is 5.69 Å². The Balaban J connectivity index is 0.888. The van der Waals surface area contributed by atoms with Crippen LogP contribution in [-0.4, -0.2) is 0 Å². The van der Waals surface area contributed by atoms with Gasteiger partial charge in [0, 0.05) is 22.4 Å². The van der Waals surface area contributed by atoms with Crippen molar-refractivity contribution < 1.29 is 0 Å². The third kappa shape index (κ3) is 5.99. The van der Waals surface area contributed by atoms with Crippen molar-refractivity contribution in [1.29, 1.82) is 0 Å². The molecule has 3 fully saturated rings. The van der Waals surface area contributed by atoms with Crippen LogP contribution in [0.4, 0.5) is 17.1 Å². The molecule has 6 unspecified atom stereocenters. The number of fused-ring (bicyclic) bond motifs is 11. The molecule has 4 aliphatic carbocycles. The molecule has 0 heterocycles. The summed E-state index contributed by atoms with van der Waals surface area (Å²) >= 11 is 0. The average molecular weight is 908 g/mol. The van der Waals surface area contributed by atoms with E-state index in [9.17, 15) is 0 Å². The van der Waals surface area contributed by atoms with Gasteiger partial charge >= 0.3 is 0 Å². The van der Waals surface area contributed by atoms with Crippen molar-refractivity contribution in [2.24, 2.45) is 29.6 Å². The molecule has 0 aromatic heterocycles. The van der Waals surface area contributed by atoms with Crippen LogP contribution in [0.2, 0.25) is 0 Å². The molecule has 3 saturated carbocycles. The van der Waals surface area contributed by atoms with Gasteiger partial charge in [-0.3, -0.25) is 0 Å². The standard InChI is InChI=1S/C70H53N/c1-44-39-51-43-66-69(51)65(40-44)70(66)63-29-9-7-23-59(63)60-38-34-49(42-64(60)70)45-31-35-52(36-32-45)71(53-21-11-20-50(41-53)55-25-14-27-57-54-22-6-5-17-47(54)33-37-58(55)57)67-30-10-8-24-61(67)62-28-13-19-48-18-12-26-56(68(48)62)46-15-3-2-4-16-46/h2-38,41-42,44,51,65-66,69H,39-40,43H2,1H3. The zero-order valence-corrected chi connectivity index (χ0v) is 40.0. The highest BCUT2D eigenvalue weighted by molar-refractivity contribution is 6.13. The van der Waals surface area contributed by atoms with Crippen LogP contribution in [0.3, 0.4) is 0 Å². The second-order valence-corrected chi connectivity index (χ2v) is 21.3. The van der Waals surface area contributed by atoms with Crippen LogP contribution < -0.4 is 4.90 Å². The van der Waals surface area contributed by atoms with Gasteiger partial charge in [0.1, 0.15) is 0 Å². The maximum atomic E-state index is 2.61. The quantitative estimate of drug-likeness (QED) is 0.144. The Morgan fingerprint density at radius 1 is 0.366 bits per heavy atom. The first-order chi connectivity index (χ1) is 35.1. The van der Waals surface area contributed by atoms with Gasteiger partial charge < -0.3 is 4.90 Å². The van der Waals surface area contributed by atoms with E-state index < -0.39 is 0 Å². The van der Waals surface area contributed by atoms with E-state index in [1.807, 2.05) is 0 Å². The second-order valence-electron chi connectivity index (χ2n) is 21.3. The SMILES string of the molecule is CC1CC2CC3C2C(C1)C31c2ccccc2-c2ccc(-c3ccc(N(c4cccc(-c5cccc6c5ccc5ccccc56)c4)c4ccccc4-c4cccc5cccc(-c6ccccc6)c45)cc3)cc21. The molecular formula is C70H53N. The number of benzene rings is 11. The molecule has 11 aromatic carbocycles. The number of nitrogens with zero attached hydrogens (tertiary/aromatic N) is 1. The summed E-state index contributed by atoms with van der Waals surface area (Å²) in [4.78, 5) is 2.49. The Morgan fingerprint density at radius 2 is 1.01 bits per heavy atom. The highest BCUT2D eigenvalue weighted by Crippen LogP contribution is 2.78. The topological polar surface area (TPSA) is 3.24 Å². The van der Waals surface area contributed by atoms with Gasteiger partial charge in [0.15, 0.2) is 0 Å². The first-order valence-corrected chi connectivity index (χ1v) is 25.9. The van der Waals surface area contributed by atoms with Crippen molar-refractivity contribution in [3.63, 3.8) is 0 Å². The molecule has 0 radical (unpaired) electrons. The minimum atomic E-state index is 0.155. The molecule has 0 N–H and O–H groups in total. The van der Waals surface area contributed by atoms with Gasteiger partial charge in [0.2, 0.25) is 0 Å². The minimum Gasteiger partial charge on any atom is -0.310 e. The highest BCUT2D eigenvalue weighted by Gasteiger charge is 2.73. The molecule has 0 saturated heterocycles. The van der Waals surface area contributed by atoms with Crippen LogP contribution in [-0.2, 0) is 5.41 Å². The number of rotatable bonds is 7. The predicted octanol–water partition coefficient (Wildman–Crippen LogP) is 18.9. The van der Waals surface area contributed by atoms with Gasteiger partial charge in [-0.2, -0.15) is 0 Å². The van der Waals surface area contributed by atoms with E-state index in [4.69, 9.17) is 0 Å². The molecule has 0 amide bonds. The number of hydrogen-bond acceptors (Lipinski definition) is 1. The van der Waals surface area contributed by atoms with Crippen LogP contribution in [0.25, 0.3) is 88.0 Å². The lowest BCUT2D eigenvalue weighted by Gasteiger charge is -2.73. The fourth-order valence-electron chi connectivity index (χ4n) is 15.0. The summed E-state index contributed by atoms with van der Waals surface area (Å²) in [7, 11) is 0. The van der Waals surface area contributed by atoms with Crippen LogP contribution in [0.15, 0.2) is 237 Å². The van der Waals surface area contributed by atoms with Crippen LogP contribution in [0.5, 0.6) is 0 Å². The zero-order valence-electron chi connectivity index (χ0n) is 40.0. The Hall–Kier alpha value is -8.00. The Kier molecular flexibility index (Phi) is 9.06. The monoisotopic (exact) mass is 907 g/mol. The number of anilines is 3. The number of para-hydroxylation sites is 1. The predicted molar refractivity (Wildman–Crippen MR) is 299 cm³/mol. The maximum Gasteiger partial charge on any atom is 0.0540 e. The Morgan fingerprint density at radius 3 is 1.90 bits per heavy atom.